The van der Waals surface area contributed by atoms with Crippen molar-refractivity contribution in [1.29, 1.82) is 0 Å². The molecule has 0 amide bonds. The van der Waals surface area contributed by atoms with Crippen molar-refractivity contribution in [3.8, 4) is 0 Å². The first-order chi connectivity index (χ1) is 10.9. The standard InChI is InChI=1S/C16H20O7/c1-16(2)22-13-11(18)12(21-15(13)23-16)10(17)8-20-14(19)9-6-4-3-5-7-9/h3-7,10-13,15,17-18H,8H2,1-2H3/t10-,11+,12+,13-,15-/m0/s1. The van der Waals surface area contributed by atoms with Crippen LogP contribution in [0.4, 0.5) is 0 Å². The molecule has 2 aliphatic rings. The van der Waals surface area contributed by atoms with Gasteiger partial charge in [-0.25, -0.2) is 4.79 Å². The highest BCUT2D eigenvalue weighted by atomic mass is 16.8. The lowest BCUT2D eigenvalue weighted by Gasteiger charge is -2.25. The summed E-state index contributed by atoms with van der Waals surface area (Å²) in [5.41, 5.74) is 0.387. The Morgan fingerprint density at radius 2 is 2.00 bits per heavy atom. The second kappa shape index (κ2) is 6.18. The van der Waals surface area contributed by atoms with Crippen LogP contribution in [0.2, 0.25) is 0 Å². The monoisotopic (exact) mass is 324 g/mol. The molecular formula is C16H20O7. The fraction of sp³-hybridized carbons (Fsp3) is 0.562. The van der Waals surface area contributed by atoms with Crippen LogP contribution in [0.5, 0.6) is 0 Å². The van der Waals surface area contributed by atoms with Crippen LogP contribution in [-0.4, -0.2) is 59.3 Å². The lowest BCUT2D eigenvalue weighted by Crippen LogP contribution is -2.43. The van der Waals surface area contributed by atoms with E-state index in [0.717, 1.165) is 0 Å². The molecule has 5 atom stereocenters. The summed E-state index contributed by atoms with van der Waals surface area (Å²) in [5, 5.41) is 20.3. The fourth-order valence-corrected chi connectivity index (χ4v) is 2.75. The molecule has 2 fully saturated rings. The van der Waals surface area contributed by atoms with Gasteiger partial charge in [0.15, 0.2) is 12.1 Å². The number of rotatable bonds is 4. The zero-order valence-electron chi connectivity index (χ0n) is 12.9. The zero-order valence-corrected chi connectivity index (χ0v) is 12.9. The fourth-order valence-electron chi connectivity index (χ4n) is 2.75. The third-order valence-electron chi connectivity index (χ3n) is 3.83. The Kier molecular flexibility index (Phi) is 4.39. The van der Waals surface area contributed by atoms with Gasteiger partial charge in [0.05, 0.1) is 5.56 Å². The van der Waals surface area contributed by atoms with Gasteiger partial charge in [0.25, 0.3) is 0 Å². The van der Waals surface area contributed by atoms with E-state index in [1.54, 1.807) is 44.2 Å². The van der Waals surface area contributed by atoms with Crippen molar-refractivity contribution in [2.75, 3.05) is 6.61 Å². The van der Waals surface area contributed by atoms with Crippen LogP contribution < -0.4 is 0 Å². The van der Waals surface area contributed by atoms with E-state index in [4.69, 9.17) is 18.9 Å². The third kappa shape index (κ3) is 3.39. The summed E-state index contributed by atoms with van der Waals surface area (Å²) >= 11 is 0. The average Bonchev–Trinajstić information content (AvgIpc) is 2.99. The average molecular weight is 324 g/mol. The third-order valence-corrected chi connectivity index (χ3v) is 3.83. The number of aliphatic hydroxyl groups is 2. The van der Waals surface area contributed by atoms with Gasteiger partial charge >= 0.3 is 5.97 Å². The first-order valence-corrected chi connectivity index (χ1v) is 7.47. The number of hydrogen-bond donors (Lipinski definition) is 2. The van der Waals surface area contributed by atoms with E-state index < -0.39 is 42.5 Å². The summed E-state index contributed by atoms with van der Waals surface area (Å²) in [6.45, 7) is 3.14. The summed E-state index contributed by atoms with van der Waals surface area (Å²) in [6, 6.07) is 8.45. The van der Waals surface area contributed by atoms with Crippen LogP contribution in [0.3, 0.4) is 0 Å². The van der Waals surface area contributed by atoms with Crippen LogP contribution in [0, 0.1) is 0 Å². The van der Waals surface area contributed by atoms with E-state index in [1.807, 2.05) is 0 Å². The van der Waals surface area contributed by atoms with Crippen LogP contribution in [-0.2, 0) is 18.9 Å². The highest BCUT2D eigenvalue weighted by molar-refractivity contribution is 5.89. The molecule has 0 saturated carbocycles. The lowest BCUT2D eigenvalue weighted by molar-refractivity contribution is -0.227. The molecule has 0 unspecified atom stereocenters. The summed E-state index contributed by atoms with van der Waals surface area (Å²) in [6.07, 6.45) is -4.60. The molecule has 1 aromatic rings. The lowest BCUT2D eigenvalue weighted by atomic mass is 10.1. The van der Waals surface area contributed by atoms with Gasteiger partial charge < -0.3 is 29.2 Å². The van der Waals surface area contributed by atoms with Crippen molar-refractivity contribution in [2.45, 2.75) is 50.3 Å². The molecule has 0 aromatic heterocycles. The predicted octanol–water partition coefficient (Wildman–Crippen LogP) is 0.442. The second-order valence-corrected chi connectivity index (χ2v) is 6.09. The molecule has 23 heavy (non-hydrogen) atoms. The number of ether oxygens (including phenoxy) is 4. The van der Waals surface area contributed by atoms with E-state index in [0.29, 0.717) is 5.56 Å². The summed E-state index contributed by atoms with van der Waals surface area (Å²) in [4.78, 5) is 11.8. The molecule has 2 heterocycles. The van der Waals surface area contributed by atoms with Crippen LogP contribution >= 0.6 is 0 Å². The van der Waals surface area contributed by atoms with E-state index in [1.165, 1.54) is 0 Å². The van der Waals surface area contributed by atoms with E-state index in [9.17, 15) is 15.0 Å². The van der Waals surface area contributed by atoms with Crippen LogP contribution in [0.15, 0.2) is 30.3 Å². The first kappa shape index (κ1) is 16.4. The maximum absolute atomic E-state index is 11.8. The van der Waals surface area contributed by atoms with Gasteiger partial charge in [-0.3, -0.25) is 0 Å². The van der Waals surface area contributed by atoms with Gasteiger partial charge in [0, 0.05) is 0 Å². The maximum Gasteiger partial charge on any atom is 0.338 e. The van der Waals surface area contributed by atoms with E-state index in [-0.39, 0.29) is 6.61 Å². The molecule has 7 nitrogen and oxygen atoms in total. The highest BCUT2D eigenvalue weighted by Gasteiger charge is 2.56. The molecule has 2 N–H and O–H groups in total. The van der Waals surface area contributed by atoms with Crippen molar-refractivity contribution < 1.29 is 34.0 Å². The highest BCUT2D eigenvalue weighted by Crippen LogP contribution is 2.38. The largest absolute Gasteiger partial charge is 0.459 e. The van der Waals surface area contributed by atoms with E-state index >= 15 is 0 Å². The number of hydrogen-bond acceptors (Lipinski definition) is 7. The molecule has 1 aromatic carbocycles. The predicted molar refractivity (Wildman–Crippen MR) is 77.4 cm³/mol. The Morgan fingerprint density at radius 3 is 2.65 bits per heavy atom. The van der Waals surface area contributed by atoms with Crippen LogP contribution in [0.1, 0.15) is 24.2 Å². The van der Waals surface area contributed by atoms with Crippen LogP contribution in [0.25, 0.3) is 0 Å². The quantitative estimate of drug-likeness (QED) is 0.776. The SMILES string of the molecule is CC1(C)O[C@@H]2O[C@H]([C@@H](O)COC(=O)c3ccccc3)[C@@H](O)[C@@H]2O1. The second-order valence-electron chi connectivity index (χ2n) is 6.09. The zero-order chi connectivity index (χ0) is 16.6. The maximum atomic E-state index is 11.8. The Hall–Kier alpha value is -1.51. The Morgan fingerprint density at radius 1 is 1.30 bits per heavy atom. The Labute approximate surface area is 133 Å². The number of fused-ring (bicyclic) bond motifs is 1. The van der Waals surface area contributed by atoms with Crippen molar-refractivity contribution in [3.63, 3.8) is 0 Å². The molecule has 0 bridgehead atoms. The van der Waals surface area contributed by atoms with Crippen molar-refractivity contribution >= 4 is 5.97 Å². The number of carbonyl (C=O) groups excluding carboxylic acids is 1. The molecule has 126 valence electrons. The molecule has 0 radical (unpaired) electrons. The molecule has 7 heteroatoms. The molecule has 3 rings (SSSR count). The van der Waals surface area contributed by atoms with Crippen molar-refractivity contribution in [1.82, 2.24) is 0 Å². The van der Waals surface area contributed by atoms with Crippen molar-refractivity contribution in [2.24, 2.45) is 0 Å². The van der Waals surface area contributed by atoms with Gasteiger partial charge in [0.1, 0.15) is 31.0 Å². The minimum absolute atomic E-state index is 0.293. The normalized spacial score (nSPS) is 33.2. The van der Waals surface area contributed by atoms with E-state index in [2.05, 4.69) is 0 Å². The molecule has 0 aliphatic carbocycles. The molecule has 0 spiro atoms. The smallest absolute Gasteiger partial charge is 0.338 e. The minimum atomic E-state index is -1.18. The van der Waals surface area contributed by atoms with Gasteiger partial charge in [-0.05, 0) is 26.0 Å². The minimum Gasteiger partial charge on any atom is -0.459 e. The van der Waals surface area contributed by atoms with Gasteiger partial charge in [0.2, 0.25) is 0 Å². The Bertz CT molecular complexity index is 559. The Balaban J connectivity index is 1.54. The summed E-state index contributed by atoms with van der Waals surface area (Å²) in [5.74, 6) is -1.39. The topological polar surface area (TPSA) is 94.5 Å². The number of carbonyl (C=O) groups is 1. The summed E-state index contributed by atoms with van der Waals surface area (Å²) in [7, 11) is 0. The molecule has 2 saturated heterocycles. The van der Waals surface area contributed by atoms with Gasteiger partial charge in [-0.15, -0.1) is 0 Å². The van der Waals surface area contributed by atoms with Crippen molar-refractivity contribution in [3.05, 3.63) is 35.9 Å². The molecular weight excluding hydrogens is 304 g/mol. The number of benzene rings is 1. The first-order valence-electron chi connectivity index (χ1n) is 7.47. The number of esters is 1. The summed E-state index contributed by atoms with van der Waals surface area (Å²) < 4.78 is 21.6. The van der Waals surface area contributed by atoms with Gasteiger partial charge in [-0.2, -0.15) is 0 Å². The molecule has 2 aliphatic heterocycles. The van der Waals surface area contributed by atoms with Gasteiger partial charge in [-0.1, -0.05) is 18.2 Å². The number of aliphatic hydroxyl groups excluding tert-OH is 2.